The zero-order valence-electron chi connectivity index (χ0n) is 12.2. The van der Waals surface area contributed by atoms with Crippen molar-refractivity contribution in [3.63, 3.8) is 0 Å². The van der Waals surface area contributed by atoms with Gasteiger partial charge in [0.1, 0.15) is 0 Å². The van der Waals surface area contributed by atoms with Crippen molar-refractivity contribution in [3.05, 3.63) is 102 Å². The zero-order valence-corrected chi connectivity index (χ0v) is 14.8. The van der Waals surface area contributed by atoms with E-state index in [0.29, 0.717) is 0 Å². The Bertz CT molecular complexity index is 654. The fraction of sp³-hybridized carbons (Fsp3) is 0. The van der Waals surface area contributed by atoms with Crippen LogP contribution in [0.25, 0.3) is 6.08 Å². The molecule has 0 aromatic heterocycles. The van der Waals surface area contributed by atoms with Gasteiger partial charge in [-0.15, -0.1) is 17.0 Å². The standard InChI is InChI=1S/C20H17P.BrH/c1-4-10-18(11-5-1)16-17-21(19-12-6-2-7-13-19)20-14-8-3-9-15-20;/h1-17H;1H. The minimum absolute atomic E-state index is 0. The van der Waals surface area contributed by atoms with Crippen LogP contribution in [-0.2, 0) is 0 Å². The lowest BCUT2D eigenvalue weighted by molar-refractivity contribution is 1.66. The average Bonchev–Trinajstić information content (AvgIpc) is 2.58. The van der Waals surface area contributed by atoms with Crippen LogP contribution in [0.2, 0.25) is 0 Å². The van der Waals surface area contributed by atoms with Gasteiger partial charge in [0, 0.05) is 0 Å². The lowest BCUT2D eigenvalue weighted by atomic mass is 10.2. The minimum atomic E-state index is -0.455. The van der Waals surface area contributed by atoms with E-state index in [1.807, 2.05) is 0 Å². The molecule has 0 aliphatic heterocycles. The molecule has 0 atom stereocenters. The van der Waals surface area contributed by atoms with E-state index in [9.17, 15) is 0 Å². The Hall–Kier alpha value is -1.69. The first-order valence-electron chi connectivity index (χ1n) is 7.06. The van der Waals surface area contributed by atoms with Gasteiger partial charge in [-0.05, 0) is 24.1 Å². The van der Waals surface area contributed by atoms with Crippen LogP contribution in [0.5, 0.6) is 0 Å². The van der Waals surface area contributed by atoms with Crippen molar-refractivity contribution in [2.24, 2.45) is 0 Å². The number of rotatable bonds is 4. The summed E-state index contributed by atoms with van der Waals surface area (Å²) < 4.78 is 0. The number of hydrogen-bond donors (Lipinski definition) is 0. The Balaban J connectivity index is 0.00000176. The Labute approximate surface area is 144 Å². The van der Waals surface area contributed by atoms with Crippen molar-refractivity contribution < 1.29 is 0 Å². The summed E-state index contributed by atoms with van der Waals surface area (Å²) in [7, 11) is -0.455. The van der Waals surface area contributed by atoms with Crippen LogP contribution in [-0.4, -0.2) is 0 Å². The van der Waals surface area contributed by atoms with Gasteiger partial charge in [0.2, 0.25) is 0 Å². The van der Waals surface area contributed by atoms with Gasteiger partial charge in [-0.3, -0.25) is 0 Å². The molecule has 0 aliphatic carbocycles. The highest BCUT2D eigenvalue weighted by Crippen LogP contribution is 2.35. The molecule has 3 aromatic carbocycles. The maximum absolute atomic E-state index is 2.34. The van der Waals surface area contributed by atoms with Crippen LogP contribution in [0.1, 0.15) is 5.56 Å². The van der Waals surface area contributed by atoms with Gasteiger partial charge in [0.25, 0.3) is 0 Å². The normalized spacial score (nSPS) is 10.6. The van der Waals surface area contributed by atoms with Gasteiger partial charge in [-0.1, -0.05) is 103 Å². The summed E-state index contributed by atoms with van der Waals surface area (Å²) in [6.45, 7) is 0. The first-order valence-corrected chi connectivity index (χ1v) is 8.47. The molecule has 0 N–H and O–H groups in total. The predicted octanol–water partition coefficient (Wildman–Crippen LogP) is 5.37. The third-order valence-corrected chi connectivity index (χ3v) is 5.44. The van der Waals surface area contributed by atoms with E-state index < -0.39 is 7.92 Å². The molecule has 0 nitrogen and oxygen atoms in total. The van der Waals surface area contributed by atoms with E-state index in [4.69, 9.17) is 0 Å². The van der Waals surface area contributed by atoms with Crippen LogP contribution >= 0.6 is 24.9 Å². The molecule has 0 amide bonds. The summed E-state index contributed by atoms with van der Waals surface area (Å²) in [5, 5.41) is 2.76. The summed E-state index contributed by atoms with van der Waals surface area (Å²) >= 11 is 0. The van der Waals surface area contributed by atoms with E-state index in [-0.39, 0.29) is 17.0 Å². The zero-order chi connectivity index (χ0) is 14.3. The summed E-state index contributed by atoms with van der Waals surface area (Å²) in [4.78, 5) is 0. The van der Waals surface area contributed by atoms with E-state index in [0.717, 1.165) is 0 Å². The highest BCUT2D eigenvalue weighted by Gasteiger charge is 2.09. The molecule has 3 rings (SSSR count). The molecule has 0 unspecified atom stereocenters. The molecule has 0 bridgehead atoms. The molecule has 110 valence electrons. The van der Waals surface area contributed by atoms with Crippen LogP contribution in [0, 0.1) is 0 Å². The molecular weight excluding hydrogens is 351 g/mol. The van der Waals surface area contributed by atoms with Crippen LogP contribution < -0.4 is 10.6 Å². The summed E-state index contributed by atoms with van der Waals surface area (Å²) in [5.41, 5.74) is 1.25. The van der Waals surface area contributed by atoms with Gasteiger partial charge in [-0.25, -0.2) is 0 Å². The summed E-state index contributed by atoms with van der Waals surface area (Å²) in [6, 6.07) is 32.0. The summed E-state index contributed by atoms with van der Waals surface area (Å²) in [5.74, 6) is 2.34. The second kappa shape index (κ2) is 8.68. The number of benzene rings is 3. The monoisotopic (exact) mass is 368 g/mol. The van der Waals surface area contributed by atoms with E-state index >= 15 is 0 Å². The second-order valence-corrected chi connectivity index (χ2v) is 6.84. The maximum atomic E-state index is 2.34. The van der Waals surface area contributed by atoms with Crippen molar-refractivity contribution in [1.82, 2.24) is 0 Å². The van der Waals surface area contributed by atoms with Gasteiger partial charge < -0.3 is 0 Å². The molecule has 0 saturated carbocycles. The maximum Gasteiger partial charge on any atom is -0.0157 e. The summed E-state index contributed by atoms with van der Waals surface area (Å²) in [6.07, 6.45) is 2.23. The highest BCUT2D eigenvalue weighted by molar-refractivity contribution is 8.93. The Morgan fingerprint density at radius 2 is 0.955 bits per heavy atom. The minimum Gasteiger partial charge on any atom is -0.114 e. The van der Waals surface area contributed by atoms with E-state index in [2.05, 4.69) is 103 Å². The molecular formula is C20H18BrP. The fourth-order valence-electron chi connectivity index (χ4n) is 2.22. The third-order valence-electron chi connectivity index (χ3n) is 3.28. The fourth-order valence-corrected chi connectivity index (χ4v) is 4.17. The predicted molar refractivity (Wildman–Crippen MR) is 105 cm³/mol. The van der Waals surface area contributed by atoms with Crippen LogP contribution in [0.3, 0.4) is 0 Å². The SMILES string of the molecule is Br.C(=CP(c1ccccc1)c1ccccc1)c1ccccc1. The van der Waals surface area contributed by atoms with Crippen LogP contribution in [0.15, 0.2) is 96.8 Å². The molecule has 22 heavy (non-hydrogen) atoms. The Kier molecular flexibility index (Phi) is 6.58. The largest absolute Gasteiger partial charge is 0.114 e. The molecule has 2 heteroatoms. The van der Waals surface area contributed by atoms with Crippen molar-refractivity contribution in [1.29, 1.82) is 0 Å². The van der Waals surface area contributed by atoms with Gasteiger partial charge in [0.15, 0.2) is 0 Å². The quantitative estimate of drug-likeness (QED) is 0.543. The van der Waals surface area contributed by atoms with Gasteiger partial charge in [0.05, 0.1) is 0 Å². The average molecular weight is 369 g/mol. The van der Waals surface area contributed by atoms with Crippen molar-refractivity contribution in [3.8, 4) is 0 Å². The molecule has 0 radical (unpaired) electrons. The molecule has 0 aliphatic rings. The van der Waals surface area contributed by atoms with Gasteiger partial charge in [-0.2, -0.15) is 0 Å². The van der Waals surface area contributed by atoms with Crippen molar-refractivity contribution >= 4 is 41.6 Å². The van der Waals surface area contributed by atoms with E-state index in [1.54, 1.807) is 0 Å². The van der Waals surface area contributed by atoms with E-state index in [1.165, 1.54) is 16.2 Å². The van der Waals surface area contributed by atoms with Crippen molar-refractivity contribution in [2.45, 2.75) is 0 Å². The third kappa shape index (κ3) is 4.40. The second-order valence-electron chi connectivity index (χ2n) is 4.77. The molecule has 3 aromatic rings. The van der Waals surface area contributed by atoms with Crippen LogP contribution in [0.4, 0.5) is 0 Å². The number of hydrogen-bond acceptors (Lipinski definition) is 0. The molecule has 0 saturated heterocycles. The lowest BCUT2D eigenvalue weighted by Gasteiger charge is -2.14. The molecule has 0 heterocycles. The number of halogens is 1. The first kappa shape index (κ1) is 16.7. The Morgan fingerprint density at radius 3 is 1.41 bits per heavy atom. The molecule has 0 fully saturated rings. The van der Waals surface area contributed by atoms with Crippen molar-refractivity contribution in [2.75, 3.05) is 0 Å². The Morgan fingerprint density at radius 1 is 0.545 bits per heavy atom. The van der Waals surface area contributed by atoms with Gasteiger partial charge >= 0.3 is 0 Å². The molecule has 0 spiro atoms. The lowest BCUT2D eigenvalue weighted by Crippen LogP contribution is -2.09. The topological polar surface area (TPSA) is 0 Å². The smallest absolute Gasteiger partial charge is 0.0157 e. The first-order chi connectivity index (χ1) is 10.4. The highest BCUT2D eigenvalue weighted by atomic mass is 79.9.